The average molecular weight is 1530 g/mol. The molecule has 0 bridgehead atoms. The lowest BCUT2D eigenvalue weighted by Gasteiger charge is -2.31. The maximum atomic E-state index is 14.6. The number of anilines is 4. The van der Waals surface area contributed by atoms with E-state index in [2.05, 4.69) is 36.9 Å². The molecular formula is C83H93N13O16. The Morgan fingerprint density at radius 2 is 1.44 bits per heavy atom. The molecule has 1 aliphatic carbocycles. The lowest BCUT2D eigenvalue weighted by Crippen LogP contribution is -2.55. The molecule has 29 heteroatoms. The van der Waals surface area contributed by atoms with Gasteiger partial charge in [0.25, 0.3) is 11.8 Å². The van der Waals surface area contributed by atoms with Gasteiger partial charge in [0.2, 0.25) is 35.4 Å². The van der Waals surface area contributed by atoms with Crippen molar-refractivity contribution in [2.45, 2.75) is 141 Å². The van der Waals surface area contributed by atoms with Crippen LogP contribution in [0.5, 0.6) is 28.7 Å². The fraction of sp³-hybridized carbons (Fsp3) is 0.410. The van der Waals surface area contributed by atoms with Gasteiger partial charge in [-0.2, -0.15) is 0 Å². The van der Waals surface area contributed by atoms with Gasteiger partial charge in [-0.25, -0.2) is 14.4 Å². The average Bonchev–Trinajstić information content (AvgIpc) is 1.53. The molecule has 2 saturated heterocycles. The Labute approximate surface area is 648 Å². The van der Waals surface area contributed by atoms with E-state index in [-0.39, 0.29) is 110 Å². The van der Waals surface area contributed by atoms with Crippen molar-refractivity contribution in [2.75, 3.05) is 87.7 Å². The summed E-state index contributed by atoms with van der Waals surface area (Å²) >= 11 is 0. The number of nitrogens with zero attached hydrogens (tertiary/aromatic N) is 8. The number of aliphatic hydroxyl groups excluding tert-OH is 1. The number of fused-ring (bicyclic) bond motifs is 9. The fourth-order valence-corrected chi connectivity index (χ4v) is 15.7. The van der Waals surface area contributed by atoms with Crippen molar-refractivity contribution in [1.29, 1.82) is 0 Å². The third-order valence-electron chi connectivity index (χ3n) is 22.3. The third kappa shape index (κ3) is 15.9. The molecule has 9 amide bonds. The number of ether oxygens (including phenoxy) is 6. The molecule has 0 radical (unpaired) electrons. The Hall–Kier alpha value is -12.0. The maximum absolute atomic E-state index is 14.6. The molecule has 1 aromatic heterocycles. The second-order valence-corrected chi connectivity index (χ2v) is 29.8. The molecule has 112 heavy (non-hydrogen) atoms. The Bertz CT molecular complexity index is 4830. The summed E-state index contributed by atoms with van der Waals surface area (Å²) in [7, 11) is 4.58. The lowest BCUT2D eigenvalue weighted by atomic mass is 9.95. The second-order valence-electron chi connectivity index (χ2n) is 29.8. The van der Waals surface area contributed by atoms with E-state index >= 15 is 0 Å². The first-order chi connectivity index (χ1) is 54.1. The zero-order valence-electron chi connectivity index (χ0n) is 63.7. The molecule has 7 aliphatic rings. The maximum Gasteiger partial charge on any atom is 0.416 e. The van der Waals surface area contributed by atoms with Gasteiger partial charge < -0.3 is 79.7 Å². The third-order valence-corrected chi connectivity index (χ3v) is 22.3. The summed E-state index contributed by atoms with van der Waals surface area (Å²) in [6.07, 6.45) is 3.69. The van der Waals surface area contributed by atoms with Crippen molar-refractivity contribution in [2.24, 2.45) is 11.3 Å². The number of nitrogens with one attached hydrogen (secondary N) is 5. The van der Waals surface area contributed by atoms with Crippen LogP contribution in [0.2, 0.25) is 0 Å². The van der Waals surface area contributed by atoms with Crippen LogP contribution < -0.4 is 60.1 Å². The van der Waals surface area contributed by atoms with Gasteiger partial charge in [0.15, 0.2) is 29.2 Å². The first kappa shape index (κ1) is 76.7. The summed E-state index contributed by atoms with van der Waals surface area (Å²) in [6, 6.07) is 33.2. The Balaban J connectivity index is 0.556. The summed E-state index contributed by atoms with van der Waals surface area (Å²) in [4.78, 5) is 133. The molecule has 1 saturated carbocycles. The number of amides is 9. The van der Waals surface area contributed by atoms with Gasteiger partial charge in [0, 0.05) is 80.1 Å². The summed E-state index contributed by atoms with van der Waals surface area (Å²) < 4.78 is 37.3. The zero-order chi connectivity index (χ0) is 78.6. The van der Waals surface area contributed by atoms with Crippen LogP contribution in [0, 0.1) is 11.3 Å². The van der Waals surface area contributed by atoms with Crippen LogP contribution in [0.15, 0.2) is 128 Å². The molecule has 1 unspecified atom stereocenters. The van der Waals surface area contributed by atoms with Gasteiger partial charge in [0.1, 0.15) is 30.1 Å². The summed E-state index contributed by atoms with van der Waals surface area (Å²) in [6.45, 7) is 8.22. The highest BCUT2D eigenvalue weighted by Crippen LogP contribution is 2.57. The normalized spacial score (nSPS) is 18.7. The minimum absolute atomic E-state index is 0.0206. The number of aromatic nitrogens is 3. The molecular weight excluding hydrogens is 1430 g/mol. The largest absolute Gasteiger partial charge is 0.497 e. The number of methoxy groups -OCH3 is 3. The van der Waals surface area contributed by atoms with Crippen LogP contribution in [0.1, 0.15) is 135 Å². The van der Waals surface area contributed by atoms with Crippen molar-refractivity contribution < 1.29 is 76.7 Å². The van der Waals surface area contributed by atoms with Gasteiger partial charge >= 0.3 is 6.09 Å². The lowest BCUT2D eigenvalue weighted by molar-refractivity contribution is -0.139. The molecule has 6 aliphatic heterocycles. The van der Waals surface area contributed by atoms with Crippen LogP contribution in [0.4, 0.5) is 27.5 Å². The molecule has 6 N–H and O–H groups in total. The van der Waals surface area contributed by atoms with Crippen molar-refractivity contribution in [3.05, 3.63) is 155 Å². The number of benzene rings is 6. The van der Waals surface area contributed by atoms with E-state index in [1.807, 2.05) is 111 Å². The van der Waals surface area contributed by atoms with Gasteiger partial charge in [0.05, 0.1) is 100 Å². The number of rotatable bonds is 26. The Morgan fingerprint density at radius 1 is 0.732 bits per heavy atom. The number of hydrogen-bond acceptors (Lipinski definition) is 19. The van der Waals surface area contributed by atoms with Crippen molar-refractivity contribution in [3.8, 4) is 51.3 Å². The van der Waals surface area contributed by atoms with Gasteiger partial charge in [-0.1, -0.05) is 92.2 Å². The van der Waals surface area contributed by atoms with Gasteiger partial charge in [-0.15, -0.1) is 5.10 Å². The topological polar surface area (TPSA) is 336 Å². The number of hydrogen-bond donors (Lipinski definition) is 6. The van der Waals surface area contributed by atoms with Crippen LogP contribution in [0.3, 0.4) is 0 Å². The zero-order valence-corrected chi connectivity index (χ0v) is 63.7. The first-order valence-corrected chi connectivity index (χ1v) is 38.2. The first-order valence-electron chi connectivity index (χ1n) is 38.2. The van der Waals surface area contributed by atoms with E-state index in [1.165, 1.54) is 31.3 Å². The fourth-order valence-electron chi connectivity index (χ4n) is 15.7. The van der Waals surface area contributed by atoms with E-state index in [4.69, 9.17) is 28.4 Å². The summed E-state index contributed by atoms with van der Waals surface area (Å²) in [5.41, 5.74) is 8.65. The molecule has 7 aromatic rings. The predicted molar refractivity (Wildman–Crippen MR) is 414 cm³/mol. The highest BCUT2D eigenvalue weighted by molar-refractivity contribution is 6.07. The summed E-state index contributed by atoms with van der Waals surface area (Å²) in [5.74, 6) is -2.03. The van der Waals surface area contributed by atoms with Crippen molar-refractivity contribution in [3.63, 3.8) is 0 Å². The monoisotopic (exact) mass is 1530 g/mol. The predicted octanol–water partition coefficient (Wildman–Crippen LogP) is 9.24. The highest BCUT2D eigenvalue weighted by Gasteiger charge is 2.58. The van der Waals surface area contributed by atoms with E-state index in [0.29, 0.717) is 97.0 Å². The van der Waals surface area contributed by atoms with Gasteiger partial charge in [-0.3, -0.25) is 38.4 Å². The standard InChI is InChI=1S/C83H93N13O16/c1-8-49(4)74(88-77(101)63-19-13-32-91(63)73(100)43-86-71(98)42-85-70(97)28-29-72(99)93-44-52-15-9-10-16-57(52)76-75(89-90-96(76)48(2)3)58-17-11-12-18-62(58)93)78(102)87-54-24-20-50(21-25-54)46-112-82(106)95-64-39-69(67(109-7)37-60(64)80(104)94-47-83(30-31-83)40-65(94)81(95)105)111-34-14-33-110-68-38-61-59(36-66(68)108-6)79(103)92-45-53(35-55(92)41-84-61)51-22-26-56(107-5)27-23-51/h9-12,15-18,20-27,36-39,45,48-49,55,63,65,74,81,84,105H,8,13-14,19,28-35,40-44,46-47H2,1-7H3,(H,85,97)(H,86,98)(H,87,102)(H,88,101)/t49-,55-,63+,65-,74-,81?/m0/s1. The quantitative estimate of drug-likeness (QED) is 0.0275. The van der Waals surface area contributed by atoms with Crippen molar-refractivity contribution >= 4 is 81.7 Å². The Kier molecular flexibility index (Phi) is 22.5. The second kappa shape index (κ2) is 32.9. The van der Waals surface area contributed by atoms with Crippen LogP contribution >= 0.6 is 0 Å². The van der Waals surface area contributed by atoms with Crippen LogP contribution in [-0.4, -0.2) is 186 Å². The minimum atomic E-state index is -1.50. The molecule has 3 fully saturated rings. The number of aliphatic hydroxyl groups is 1. The number of carbonyl (C=O) groups excluding carboxylic acids is 9. The number of para-hydroxylation sites is 1. The van der Waals surface area contributed by atoms with Gasteiger partial charge in [-0.05, 0) is 128 Å². The molecule has 7 heterocycles. The molecule has 6 aromatic carbocycles. The molecule has 1 spiro atoms. The molecule has 6 atom stereocenters. The van der Waals surface area contributed by atoms with Crippen LogP contribution in [-0.2, 0) is 46.7 Å². The molecule has 29 nitrogen and oxygen atoms in total. The van der Waals surface area contributed by atoms with E-state index in [0.717, 1.165) is 57.0 Å². The number of carbonyl (C=O) groups is 9. The molecule has 14 rings (SSSR count). The van der Waals surface area contributed by atoms with Crippen LogP contribution in [0.25, 0.3) is 28.1 Å². The van der Waals surface area contributed by atoms with E-state index in [9.17, 15) is 48.3 Å². The smallest absolute Gasteiger partial charge is 0.416 e. The van der Waals surface area contributed by atoms with Crippen molar-refractivity contribution in [1.82, 2.24) is 45.6 Å². The minimum Gasteiger partial charge on any atom is -0.497 e. The number of likely N-dealkylation sites (tertiary alicyclic amines) is 1. The van der Waals surface area contributed by atoms with E-state index in [1.54, 1.807) is 58.2 Å². The SMILES string of the molecule is CC[C@H](C)[C@H](NC(=O)[C@H]1CCCN1C(=O)CNC(=O)CNC(=O)CCC(=O)N1Cc2ccccc2-c2c(nnn2C(C)C)-c2ccccc21)C(=O)Nc1ccc(COC(=O)N2c3cc(OCCCOc4cc5c(cc4OC)C(=O)N4C=C(c6ccc(OC)cc6)C[C@H]4CN5)c(OC)cc3C(=O)N3CC4(CC4)C[C@H]3C2O)cc1. The molecule has 586 valence electrons. The highest BCUT2D eigenvalue weighted by atomic mass is 16.6. The Morgan fingerprint density at radius 3 is 2.15 bits per heavy atom. The van der Waals surface area contributed by atoms with E-state index < -0.39 is 73.1 Å². The summed E-state index contributed by atoms with van der Waals surface area (Å²) in [5, 5.41) is 35.7.